The molecule has 0 saturated carbocycles. The number of aliphatic hydroxyl groups excluding tert-OH is 2. The van der Waals surface area contributed by atoms with E-state index in [2.05, 4.69) is 55.4 Å². The molecule has 2 heterocycles. The van der Waals surface area contributed by atoms with Gasteiger partial charge in [0.15, 0.2) is 21.1 Å². The lowest BCUT2D eigenvalue weighted by Gasteiger charge is -2.30. The number of imidazole rings is 1. The zero-order valence-corrected chi connectivity index (χ0v) is 30.2. The van der Waals surface area contributed by atoms with Gasteiger partial charge in [0.25, 0.3) is 5.56 Å². The Labute approximate surface area is 282 Å². The Morgan fingerprint density at radius 1 is 1.09 bits per heavy atom. The third-order valence-electron chi connectivity index (χ3n) is 7.32. The van der Waals surface area contributed by atoms with Gasteiger partial charge in [-0.05, 0) is 54.5 Å². The fourth-order valence-corrected chi connectivity index (χ4v) is 5.78. The number of carbonyl (C=O) groups is 2. The third kappa shape index (κ3) is 12.5. The molecule has 0 bridgehead atoms. The number of nitrogens with zero attached hydrogens (tertiary/aromatic N) is 6. The molecule has 2 amide bonds. The average molecular weight is 733 g/mol. The zero-order valence-electron chi connectivity index (χ0n) is 27.8. The molecule has 0 spiro atoms. The van der Waals surface area contributed by atoms with Crippen molar-refractivity contribution >= 4 is 61.8 Å². The summed E-state index contributed by atoms with van der Waals surface area (Å²) in [6, 6.07) is 0. The number of amides is 2. The van der Waals surface area contributed by atoms with Crippen LogP contribution in [0, 0.1) is 5.41 Å². The Morgan fingerprint density at radius 2 is 1.80 bits per heavy atom. The monoisotopic (exact) mass is 731 g/mol. The number of nitrogen functional groups attached to an aromatic ring is 1. The smallest absolute Gasteiger partial charge is 0.283 e. The summed E-state index contributed by atoms with van der Waals surface area (Å²) in [6.07, 6.45) is 1.96. The van der Waals surface area contributed by atoms with Crippen molar-refractivity contribution in [2.24, 2.45) is 10.4 Å². The van der Waals surface area contributed by atoms with Gasteiger partial charge in [0.1, 0.15) is 0 Å². The number of nitrogens with two attached hydrogens (primary N) is 1. The fraction of sp³-hybridized carbons (Fsp3) is 0.724. The highest BCUT2D eigenvalue weighted by Gasteiger charge is 2.23. The molecule has 0 radical (unpaired) electrons. The number of hydrogen-bond donors (Lipinski definition) is 5. The highest BCUT2D eigenvalue weighted by Crippen LogP contribution is 2.22. The van der Waals surface area contributed by atoms with E-state index in [1.165, 1.54) is 16.3 Å². The van der Waals surface area contributed by atoms with Crippen molar-refractivity contribution < 1.29 is 24.5 Å². The van der Waals surface area contributed by atoms with Crippen molar-refractivity contribution in [1.82, 2.24) is 34.6 Å². The molecule has 46 heavy (non-hydrogen) atoms. The number of anilines is 1. The number of carbonyl (C=O) groups excluding carboxylic acids is 2. The summed E-state index contributed by atoms with van der Waals surface area (Å²) in [5, 5.41) is 25.0. The Balaban J connectivity index is 1.71. The second-order valence-electron chi connectivity index (χ2n) is 12.3. The van der Waals surface area contributed by atoms with Crippen LogP contribution in [0.4, 0.5) is 5.95 Å². The Morgan fingerprint density at radius 3 is 2.46 bits per heavy atom. The Kier molecular flexibility index (Phi) is 15.9. The highest BCUT2D eigenvalue weighted by molar-refractivity contribution is 9.10. The van der Waals surface area contributed by atoms with E-state index < -0.39 is 11.2 Å². The molecule has 0 fully saturated rings. The maximum absolute atomic E-state index is 12.9. The van der Waals surface area contributed by atoms with Crippen molar-refractivity contribution in [3.8, 4) is 0 Å². The minimum Gasteiger partial charge on any atom is -0.395 e. The van der Waals surface area contributed by atoms with Crippen LogP contribution < -0.4 is 21.9 Å². The second kappa shape index (κ2) is 18.6. The van der Waals surface area contributed by atoms with Crippen LogP contribution in [0.1, 0.15) is 53.4 Å². The molecule has 2 aromatic rings. The van der Waals surface area contributed by atoms with Gasteiger partial charge in [-0.2, -0.15) is 4.98 Å². The van der Waals surface area contributed by atoms with Crippen molar-refractivity contribution in [3.05, 3.63) is 15.1 Å². The minimum atomic E-state index is -0.442. The van der Waals surface area contributed by atoms with Gasteiger partial charge in [0.05, 0.1) is 24.6 Å². The van der Waals surface area contributed by atoms with Crippen LogP contribution in [0.5, 0.6) is 0 Å². The van der Waals surface area contributed by atoms with Crippen molar-refractivity contribution in [2.75, 3.05) is 65.0 Å². The number of nitrogens with one attached hydrogen (secondary N) is 2. The van der Waals surface area contributed by atoms with Crippen molar-refractivity contribution in [3.63, 3.8) is 0 Å². The number of hydrogen-bond acceptors (Lipinski definition) is 11. The number of aromatic nitrogens is 4. The topological polar surface area (TPSA) is 202 Å². The van der Waals surface area contributed by atoms with Gasteiger partial charge in [-0.1, -0.05) is 25.6 Å². The second-order valence-corrected chi connectivity index (χ2v) is 13.9. The summed E-state index contributed by atoms with van der Waals surface area (Å²) in [6.45, 7) is 10.3. The molecule has 15 nitrogen and oxygen atoms in total. The molecule has 0 aliphatic carbocycles. The molecule has 2 aromatic heterocycles. The van der Waals surface area contributed by atoms with Crippen LogP contribution in [0.3, 0.4) is 0 Å². The molecule has 0 atom stereocenters. The number of likely N-dealkylation sites (N-methyl/N-ethyl adjacent to an activating group) is 1. The number of aliphatic hydroxyl groups is 2. The molecule has 0 aliphatic heterocycles. The van der Waals surface area contributed by atoms with Gasteiger partial charge in [0, 0.05) is 59.8 Å². The first-order chi connectivity index (χ1) is 21.6. The molecule has 17 heteroatoms. The van der Waals surface area contributed by atoms with Crippen LogP contribution in [-0.4, -0.2) is 116 Å². The van der Waals surface area contributed by atoms with E-state index in [1.54, 1.807) is 16.5 Å². The van der Waals surface area contributed by atoms with E-state index in [-0.39, 0.29) is 67.2 Å². The summed E-state index contributed by atoms with van der Waals surface area (Å²) in [5.41, 5.74) is 5.43. The maximum Gasteiger partial charge on any atom is 0.283 e. The fourth-order valence-electron chi connectivity index (χ4n) is 4.45. The van der Waals surface area contributed by atoms with Crippen molar-refractivity contribution in [2.45, 2.75) is 72.1 Å². The lowest BCUT2D eigenvalue weighted by Crippen LogP contribution is -2.37. The molecule has 6 N–H and O–H groups in total. The van der Waals surface area contributed by atoms with Gasteiger partial charge in [-0.15, -0.1) is 0 Å². The minimum absolute atomic E-state index is 0.0157. The Bertz CT molecular complexity index is 1400. The van der Waals surface area contributed by atoms with Gasteiger partial charge in [0.2, 0.25) is 17.8 Å². The number of ether oxygens (including phenoxy) is 1. The first-order valence-electron chi connectivity index (χ1n) is 15.3. The summed E-state index contributed by atoms with van der Waals surface area (Å²) < 4.78 is 9.38. The van der Waals surface area contributed by atoms with E-state index in [0.717, 1.165) is 6.42 Å². The van der Waals surface area contributed by atoms with Crippen LogP contribution in [0.25, 0.3) is 11.2 Å². The largest absolute Gasteiger partial charge is 0.395 e. The molecule has 0 saturated heterocycles. The van der Waals surface area contributed by atoms with E-state index in [1.807, 2.05) is 20.9 Å². The normalized spacial score (nSPS) is 12.5. The summed E-state index contributed by atoms with van der Waals surface area (Å²) in [7, 11) is 3.48. The van der Waals surface area contributed by atoms with E-state index in [9.17, 15) is 19.5 Å². The van der Waals surface area contributed by atoms with Crippen LogP contribution in [0.2, 0.25) is 0 Å². The highest BCUT2D eigenvalue weighted by atomic mass is 79.9. The van der Waals surface area contributed by atoms with Crippen molar-refractivity contribution in [1.29, 1.82) is 0 Å². The first-order valence-corrected chi connectivity index (χ1v) is 17.0. The summed E-state index contributed by atoms with van der Waals surface area (Å²) in [4.78, 5) is 52.3. The number of rotatable bonds is 19. The predicted molar refractivity (Wildman–Crippen MR) is 185 cm³/mol. The van der Waals surface area contributed by atoms with E-state index in [4.69, 9.17) is 15.6 Å². The SMILES string of the molecule is CN=C(SCC(=O)NCCC(C)(C)OCCC(C)(C)CNC(=O)CCCn1c(N)nc2c(nc(Br)n2CCO)c1=O)N(C)CCO. The van der Waals surface area contributed by atoms with Gasteiger partial charge >= 0.3 is 0 Å². The average Bonchev–Trinajstić information content (AvgIpc) is 3.28. The van der Waals surface area contributed by atoms with E-state index in [0.29, 0.717) is 54.6 Å². The standard InChI is InChI=1S/C29H50BrN9O6S/c1-28(2,10-17-45-29(3,4)9-11-33-21(43)18-46-27(32-5)37(6)13-15-40)19-34-20(42)8-7-12-39-24(44)22-23(36-26(39)31)38(14-16-41)25(30)35-22/h40-41H,7-19H2,1-6H3,(H2,31,36)(H,33,43)(H,34,42). The number of amidine groups is 1. The first kappa shape index (κ1) is 39.4. The Hall–Kier alpha value is -2.73. The van der Waals surface area contributed by atoms with Crippen LogP contribution in [0.15, 0.2) is 14.5 Å². The van der Waals surface area contributed by atoms with Gasteiger partial charge in [-0.25, -0.2) is 4.98 Å². The quantitative estimate of drug-likeness (QED) is 0.0789. The number of thioether (sulfide) groups is 1. The van der Waals surface area contributed by atoms with Crippen LogP contribution in [-0.2, 0) is 27.4 Å². The van der Waals surface area contributed by atoms with Gasteiger partial charge in [-0.3, -0.25) is 23.9 Å². The molecule has 260 valence electrons. The molecule has 2 rings (SSSR count). The molecular formula is C29H50BrN9O6S. The maximum atomic E-state index is 12.9. The molecular weight excluding hydrogens is 682 g/mol. The summed E-state index contributed by atoms with van der Waals surface area (Å²) in [5.74, 6) is 0.0355. The number of fused-ring (bicyclic) bond motifs is 1. The lowest BCUT2D eigenvalue weighted by molar-refractivity contribution is -0.122. The third-order valence-corrected chi connectivity index (χ3v) is 9.08. The lowest BCUT2D eigenvalue weighted by atomic mass is 9.89. The summed E-state index contributed by atoms with van der Waals surface area (Å²) >= 11 is 4.61. The number of aliphatic imine (C=N–C) groups is 1. The van der Waals surface area contributed by atoms with Gasteiger partial charge < -0.3 is 40.8 Å². The van der Waals surface area contributed by atoms with Crippen LogP contribution >= 0.6 is 27.7 Å². The molecule has 0 aromatic carbocycles. The predicted octanol–water partition coefficient (Wildman–Crippen LogP) is 1.19. The van der Waals surface area contributed by atoms with E-state index >= 15 is 0 Å². The molecule has 0 aliphatic rings. The number of halogens is 1. The zero-order chi connectivity index (χ0) is 34.5. The molecule has 0 unspecified atom stereocenters.